The van der Waals surface area contributed by atoms with E-state index in [2.05, 4.69) is 24.9 Å². The largest absolute Gasteiger partial charge is 0.508 e. The first-order valence-corrected chi connectivity index (χ1v) is 8.05. The molecule has 3 aliphatic rings. The highest BCUT2D eigenvalue weighted by molar-refractivity contribution is 5.82. The first-order valence-electron chi connectivity index (χ1n) is 8.05. The maximum atomic E-state index is 12.3. The molecular weight excluding hydrogens is 262 g/mol. The SMILES string of the molecule is C[C@H]1CC(=O)C[C@]23CCN(C)[C@H](Cc4ccc(O)cc42)[C@@H]13. The quantitative estimate of drug-likeness (QED) is 0.796. The zero-order valence-corrected chi connectivity index (χ0v) is 12.8. The van der Waals surface area contributed by atoms with E-state index in [1.54, 1.807) is 6.07 Å². The molecule has 1 aromatic carbocycles. The van der Waals surface area contributed by atoms with Gasteiger partial charge in [0.25, 0.3) is 0 Å². The molecule has 2 fully saturated rings. The fraction of sp³-hybridized carbons (Fsp3) is 0.611. The maximum Gasteiger partial charge on any atom is 0.134 e. The van der Waals surface area contributed by atoms with Crippen LogP contribution in [0.15, 0.2) is 18.2 Å². The van der Waals surface area contributed by atoms with Crippen molar-refractivity contribution in [2.75, 3.05) is 13.6 Å². The molecule has 0 radical (unpaired) electrons. The first-order chi connectivity index (χ1) is 10.0. The number of ketones is 1. The minimum Gasteiger partial charge on any atom is -0.508 e. The third kappa shape index (κ3) is 1.73. The summed E-state index contributed by atoms with van der Waals surface area (Å²) in [6, 6.07) is 6.34. The Morgan fingerprint density at radius 1 is 1.33 bits per heavy atom. The van der Waals surface area contributed by atoms with Crippen molar-refractivity contribution in [2.24, 2.45) is 11.8 Å². The fourth-order valence-corrected chi connectivity index (χ4v) is 5.51. The minimum absolute atomic E-state index is 0.0295. The molecule has 1 saturated heterocycles. The number of Topliss-reactive ketones (excluding diaryl/α,β-unsaturated/α-hetero) is 1. The van der Waals surface area contributed by atoms with Gasteiger partial charge in [0.15, 0.2) is 0 Å². The molecule has 1 aliphatic heterocycles. The van der Waals surface area contributed by atoms with Crippen molar-refractivity contribution in [3.05, 3.63) is 29.3 Å². The number of hydrogen-bond acceptors (Lipinski definition) is 3. The molecule has 1 heterocycles. The van der Waals surface area contributed by atoms with Crippen molar-refractivity contribution < 1.29 is 9.90 Å². The lowest BCUT2D eigenvalue weighted by Crippen LogP contribution is -2.63. The van der Waals surface area contributed by atoms with E-state index in [0.717, 1.165) is 25.8 Å². The minimum atomic E-state index is -0.0295. The summed E-state index contributed by atoms with van der Waals surface area (Å²) in [6.45, 7) is 3.30. The molecule has 0 aromatic heterocycles. The summed E-state index contributed by atoms with van der Waals surface area (Å²) in [4.78, 5) is 14.8. The summed E-state index contributed by atoms with van der Waals surface area (Å²) in [5.41, 5.74) is 2.57. The fourth-order valence-electron chi connectivity index (χ4n) is 5.51. The van der Waals surface area contributed by atoms with E-state index in [1.807, 2.05) is 6.07 Å². The number of carbonyl (C=O) groups is 1. The Labute approximate surface area is 126 Å². The van der Waals surface area contributed by atoms with Crippen LogP contribution in [0.4, 0.5) is 0 Å². The highest BCUT2D eigenvalue weighted by atomic mass is 16.3. The van der Waals surface area contributed by atoms with Crippen LogP contribution in [0.1, 0.15) is 37.3 Å². The van der Waals surface area contributed by atoms with E-state index in [4.69, 9.17) is 0 Å². The molecule has 3 nitrogen and oxygen atoms in total. The number of likely N-dealkylation sites (N-methyl/N-ethyl adjacent to an activating group) is 1. The number of nitrogens with zero attached hydrogens (tertiary/aromatic N) is 1. The number of aromatic hydroxyl groups is 1. The van der Waals surface area contributed by atoms with Gasteiger partial charge in [0.05, 0.1) is 0 Å². The van der Waals surface area contributed by atoms with Gasteiger partial charge in [0.1, 0.15) is 11.5 Å². The number of piperidine rings is 1. The van der Waals surface area contributed by atoms with Crippen molar-refractivity contribution in [3.63, 3.8) is 0 Å². The van der Waals surface area contributed by atoms with Gasteiger partial charge in [0.2, 0.25) is 0 Å². The van der Waals surface area contributed by atoms with Crippen LogP contribution in [0.2, 0.25) is 0 Å². The lowest BCUT2D eigenvalue weighted by atomic mass is 9.49. The molecule has 112 valence electrons. The number of hydrogen-bond donors (Lipinski definition) is 1. The monoisotopic (exact) mass is 285 g/mol. The highest BCUT2D eigenvalue weighted by Crippen LogP contribution is 2.56. The van der Waals surface area contributed by atoms with Crippen molar-refractivity contribution in [2.45, 2.75) is 44.1 Å². The summed E-state index contributed by atoms with van der Waals surface area (Å²) >= 11 is 0. The van der Waals surface area contributed by atoms with Gasteiger partial charge < -0.3 is 10.0 Å². The van der Waals surface area contributed by atoms with Gasteiger partial charge in [-0.15, -0.1) is 0 Å². The van der Waals surface area contributed by atoms with Gasteiger partial charge in [-0.1, -0.05) is 13.0 Å². The first kappa shape index (κ1) is 13.3. The van der Waals surface area contributed by atoms with Crippen molar-refractivity contribution in [3.8, 4) is 5.75 Å². The Hall–Kier alpha value is -1.35. The summed E-state index contributed by atoms with van der Waals surface area (Å²) in [7, 11) is 2.23. The average molecular weight is 285 g/mol. The van der Waals surface area contributed by atoms with Crippen LogP contribution in [0, 0.1) is 11.8 Å². The smallest absolute Gasteiger partial charge is 0.134 e. The lowest BCUT2D eigenvalue weighted by Gasteiger charge is -2.60. The van der Waals surface area contributed by atoms with Gasteiger partial charge in [-0.2, -0.15) is 0 Å². The Balaban J connectivity index is 1.94. The predicted molar refractivity (Wildman–Crippen MR) is 81.4 cm³/mol. The van der Waals surface area contributed by atoms with Crippen LogP contribution in [-0.2, 0) is 16.6 Å². The van der Waals surface area contributed by atoms with Crippen molar-refractivity contribution >= 4 is 5.78 Å². The number of phenols is 1. The van der Waals surface area contributed by atoms with Gasteiger partial charge >= 0.3 is 0 Å². The molecule has 4 atom stereocenters. The topological polar surface area (TPSA) is 40.5 Å². The predicted octanol–water partition coefficient (Wildman–Crippen LogP) is 2.51. The molecule has 0 spiro atoms. The van der Waals surface area contributed by atoms with Crippen molar-refractivity contribution in [1.82, 2.24) is 4.90 Å². The third-order valence-electron chi connectivity index (χ3n) is 6.26. The van der Waals surface area contributed by atoms with Crippen LogP contribution in [0.5, 0.6) is 5.75 Å². The Bertz CT molecular complexity index is 611. The second-order valence-corrected chi connectivity index (χ2v) is 7.42. The Morgan fingerprint density at radius 2 is 2.14 bits per heavy atom. The van der Waals surface area contributed by atoms with Crippen LogP contribution in [-0.4, -0.2) is 35.4 Å². The van der Waals surface area contributed by atoms with E-state index in [-0.39, 0.29) is 5.41 Å². The van der Waals surface area contributed by atoms with Gasteiger partial charge in [-0.25, -0.2) is 0 Å². The summed E-state index contributed by atoms with van der Waals surface area (Å²) in [6.07, 6.45) is 3.49. The highest BCUT2D eigenvalue weighted by Gasteiger charge is 2.57. The maximum absolute atomic E-state index is 12.3. The standard InChI is InChI=1S/C18H23NO2/c1-11-7-14(21)10-18-5-6-19(2)16(17(11)18)8-12-3-4-13(20)9-15(12)18/h3-4,9,11,16-17,20H,5-8,10H2,1-2H3/t11-,16+,17+,18+/m0/s1. The molecule has 21 heavy (non-hydrogen) atoms. The molecule has 1 N–H and O–H groups in total. The molecule has 1 saturated carbocycles. The van der Waals surface area contributed by atoms with Crippen LogP contribution in [0.3, 0.4) is 0 Å². The molecule has 0 unspecified atom stereocenters. The number of likely N-dealkylation sites (tertiary alicyclic amines) is 1. The zero-order chi connectivity index (χ0) is 14.8. The van der Waals surface area contributed by atoms with E-state index < -0.39 is 0 Å². The van der Waals surface area contributed by atoms with Gasteiger partial charge in [0, 0.05) is 24.3 Å². The summed E-state index contributed by atoms with van der Waals surface area (Å²) in [5.74, 6) is 1.72. The second kappa shape index (κ2) is 4.33. The van der Waals surface area contributed by atoms with Crippen LogP contribution < -0.4 is 0 Å². The third-order valence-corrected chi connectivity index (χ3v) is 6.26. The average Bonchev–Trinajstić information content (AvgIpc) is 2.43. The van der Waals surface area contributed by atoms with Gasteiger partial charge in [-0.3, -0.25) is 4.79 Å². The molecule has 2 bridgehead atoms. The summed E-state index contributed by atoms with van der Waals surface area (Å²) < 4.78 is 0. The molecule has 3 heteroatoms. The van der Waals surface area contributed by atoms with E-state index in [0.29, 0.717) is 35.8 Å². The van der Waals surface area contributed by atoms with E-state index in [9.17, 15) is 9.90 Å². The van der Waals surface area contributed by atoms with Gasteiger partial charge in [-0.05, 0) is 61.5 Å². The lowest BCUT2D eigenvalue weighted by molar-refractivity contribution is -0.130. The van der Waals surface area contributed by atoms with E-state index in [1.165, 1.54) is 11.1 Å². The number of rotatable bonds is 0. The zero-order valence-electron chi connectivity index (χ0n) is 12.8. The number of phenolic OH excluding ortho intramolecular Hbond substituents is 1. The number of benzene rings is 1. The Kier molecular flexibility index (Phi) is 2.74. The van der Waals surface area contributed by atoms with Crippen LogP contribution >= 0.6 is 0 Å². The number of carbonyl (C=O) groups excluding carboxylic acids is 1. The molecule has 0 amide bonds. The molecule has 4 rings (SSSR count). The molecule has 1 aromatic rings. The second-order valence-electron chi connectivity index (χ2n) is 7.42. The van der Waals surface area contributed by atoms with Crippen LogP contribution in [0.25, 0.3) is 0 Å². The Morgan fingerprint density at radius 3 is 2.95 bits per heavy atom. The molecular formula is C18H23NO2. The number of fused-ring (bicyclic) bond motifs is 1. The molecule has 2 aliphatic carbocycles. The normalized spacial score (nSPS) is 38.8. The van der Waals surface area contributed by atoms with E-state index >= 15 is 0 Å². The van der Waals surface area contributed by atoms with Crippen molar-refractivity contribution in [1.29, 1.82) is 0 Å². The summed E-state index contributed by atoms with van der Waals surface area (Å²) in [5, 5.41) is 9.96.